The van der Waals surface area contributed by atoms with Crippen LogP contribution >= 0.6 is 11.6 Å². The smallest absolute Gasteiger partial charge is 0.326 e. The Bertz CT molecular complexity index is 1030. The Morgan fingerprint density at radius 3 is 2.34 bits per heavy atom. The molecule has 148 valence electrons. The van der Waals surface area contributed by atoms with E-state index < -0.39 is 11.9 Å². The number of amides is 3. The number of carbonyl (C=O) groups is 2. The summed E-state index contributed by atoms with van der Waals surface area (Å²) in [5.74, 6) is 0.266. The van der Waals surface area contributed by atoms with Crippen molar-refractivity contribution in [3.63, 3.8) is 0 Å². The predicted molar refractivity (Wildman–Crippen MR) is 115 cm³/mol. The van der Waals surface area contributed by atoms with E-state index >= 15 is 0 Å². The van der Waals surface area contributed by atoms with Gasteiger partial charge in [-0.05, 0) is 66.9 Å². The largest absolute Gasteiger partial charge is 0.489 e. The van der Waals surface area contributed by atoms with E-state index in [4.69, 9.17) is 16.3 Å². The van der Waals surface area contributed by atoms with Gasteiger partial charge in [-0.3, -0.25) is 10.1 Å². The maximum absolute atomic E-state index is 12.2. The molecule has 2 N–H and O–H groups in total. The van der Waals surface area contributed by atoms with Crippen molar-refractivity contribution in [3.8, 4) is 5.75 Å². The zero-order valence-electron chi connectivity index (χ0n) is 16.2. The van der Waals surface area contributed by atoms with E-state index in [9.17, 15) is 9.59 Å². The van der Waals surface area contributed by atoms with Crippen LogP contribution in [-0.2, 0) is 6.61 Å². The number of ether oxygens (including phenoxy) is 1. The lowest BCUT2D eigenvalue weighted by atomic mass is 10.1. The first-order chi connectivity index (χ1) is 13.9. The number of benzene rings is 3. The van der Waals surface area contributed by atoms with Gasteiger partial charge in [0.2, 0.25) is 0 Å². The highest BCUT2D eigenvalue weighted by Crippen LogP contribution is 2.23. The van der Waals surface area contributed by atoms with Crippen LogP contribution < -0.4 is 15.4 Å². The number of anilines is 1. The average Bonchev–Trinajstić information content (AvgIpc) is 2.69. The highest BCUT2D eigenvalue weighted by Gasteiger charge is 2.12. The number of urea groups is 1. The van der Waals surface area contributed by atoms with Crippen LogP contribution in [0.3, 0.4) is 0 Å². The Kier molecular flexibility index (Phi) is 6.52. The van der Waals surface area contributed by atoms with E-state index in [2.05, 4.69) is 10.6 Å². The minimum Gasteiger partial charge on any atom is -0.489 e. The van der Waals surface area contributed by atoms with Crippen LogP contribution in [0.25, 0.3) is 0 Å². The molecule has 0 saturated carbocycles. The molecule has 0 spiro atoms. The van der Waals surface area contributed by atoms with Crippen LogP contribution in [0.1, 0.15) is 27.0 Å². The summed E-state index contributed by atoms with van der Waals surface area (Å²) in [6, 6.07) is 19.2. The highest BCUT2D eigenvalue weighted by atomic mass is 35.5. The van der Waals surface area contributed by atoms with Gasteiger partial charge in [-0.15, -0.1) is 0 Å². The molecule has 0 unspecified atom stereocenters. The highest BCUT2D eigenvalue weighted by molar-refractivity contribution is 6.30. The van der Waals surface area contributed by atoms with Crippen LogP contribution in [0.2, 0.25) is 5.02 Å². The summed E-state index contributed by atoms with van der Waals surface area (Å²) in [7, 11) is 0. The average molecular weight is 409 g/mol. The molecule has 0 saturated heterocycles. The number of carbonyl (C=O) groups excluding carboxylic acids is 2. The molecule has 3 aromatic carbocycles. The Hall–Kier alpha value is -3.31. The lowest BCUT2D eigenvalue weighted by molar-refractivity contribution is 0.0966. The van der Waals surface area contributed by atoms with E-state index in [0.29, 0.717) is 28.6 Å². The molecule has 0 bridgehead atoms. The SMILES string of the molecule is Cc1cc(NC(=O)NC(=O)c2ccccc2C)ccc1OCc1ccc(Cl)cc1. The van der Waals surface area contributed by atoms with E-state index in [1.54, 1.807) is 30.3 Å². The number of rotatable bonds is 5. The van der Waals surface area contributed by atoms with Gasteiger partial charge >= 0.3 is 6.03 Å². The Labute approximate surface area is 174 Å². The third-order valence-corrected chi connectivity index (χ3v) is 4.61. The summed E-state index contributed by atoms with van der Waals surface area (Å²) >= 11 is 5.89. The molecular weight excluding hydrogens is 388 g/mol. The van der Waals surface area contributed by atoms with Crippen molar-refractivity contribution in [1.82, 2.24) is 5.32 Å². The number of hydrogen-bond acceptors (Lipinski definition) is 3. The molecule has 0 aliphatic rings. The van der Waals surface area contributed by atoms with E-state index in [1.807, 2.05) is 50.2 Å². The second-order valence-electron chi connectivity index (χ2n) is 6.62. The van der Waals surface area contributed by atoms with Crippen molar-refractivity contribution in [2.45, 2.75) is 20.5 Å². The molecule has 6 heteroatoms. The fraction of sp³-hybridized carbons (Fsp3) is 0.130. The van der Waals surface area contributed by atoms with Crippen LogP contribution in [0, 0.1) is 13.8 Å². The zero-order chi connectivity index (χ0) is 20.8. The van der Waals surface area contributed by atoms with Gasteiger partial charge in [0.15, 0.2) is 0 Å². The summed E-state index contributed by atoms with van der Waals surface area (Å²) < 4.78 is 5.83. The summed E-state index contributed by atoms with van der Waals surface area (Å²) in [4.78, 5) is 24.4. The van der Waals surface area contributed by atoms with Gasteiger partial charge in [-0.1, -0.05) is 41.9 Å². The number of nitrogens with one attached hydrogen (secondary N) is 2. The van der Waals surface area contributed by atoms with Gasteiger partial charge < -0.3 is 10.1 Å². The third kappa shape index (κ3) is 5.59. The van der Waals surface area contributed by atoms with Gasteiger partial charge in [0, 0.05) is 16.3 Å². The fourth-order valence-corrected chi connectivity index (χ4v) is 2.92. The minimum absolute atomic E-state index is 0.413. The molecule has 29 heavy (non-hydrogen) atoms. The molecule has 5 nitrogen and oxygen atoms in total. The van der Waals surface area contributed by atoms with Crippen LogP contribution in [-0.4, -0.2) is 11.9 Å². The molecule has 0 aliphatic heterocycles. The monoisotopic (exact) mass is 408 g/mol. The predicted octanol–water partition coefficient (Wildman–Crippen LogP) is 5.50. The Balaban J connectivity index is 1.58. The summed E-state index contributed by atoms with van der Waals surface area (Å²) in [6.45, 7) is 4.12. The van der Waals surface area contributed by atoms with Crippen molar-refractivity contribution < 1.29 is 14.3 Å². The second-order valence-corrected chi connectivity index (χ2v) is 7.06. The van der Waals surface area contributed by atoms with Crippen molar-refractivity contribution >= 4 is 29.2 Å². The summed E-state index contributed by atoms with van der Waals surface area (Å²) in [5, 5.41) is 5.69. The first-order valence-corrected chi connectivity index (χ1v) is 9.46. The van der Waals surface area contributed by atoms with Gasteiger partial charge in [-0.2, -0.15) is 0 Å². The van der Waals surface area contributed by atoms with Gasteiger partial charge in [-0.25, -0.2) is 4.79 Å². The number of hydrogen-bond donors (Lipinski definition) is 2. The number of aryl methyl sites for hydroxylation is 2. The van der Waals surface area contributed by atoms with Crippen LogP contribution in [0.15, 0.2) is 66.7 Å². The molecular formula is C23H21ClN2O3. The van der Waals surface area contributed by atoms with Crippen LogP contribution in [0.4, 0.5) is 10.5 Å². The van der Waals surface area contributed by atoms with E-state index in [0.717, 1.165) is 16.7 Å². The quantitative estimate of drug-likeness (QED) is 0.585. The Morgan fingerprint density at radius 2 is 1.66 bits per heavy atom. The number of halogens is 1. The van der Waals surface area contributed by atoms with Crippen molar-refractivity contribution in [2.24, 2.45) is 0 Å². The second kappa shape index (κ2) is 9.26. The topological polar surface area (TPSA) is 67.4 Å². The normalized spacial score (nSPS) is 10.3. The lowest BCUT2D eigenvalue weighted by Crippen LogP contribution is -2.34. The lowest BCUT2D eigenvalue weighted by Gasteiger charge is -2.12. The minimum atomic E-state index is -0.590. The van der Waals surface area contributed by atoms with Gasteiger partial charge in [0.05, 0.1) is 0 Å². The van der Waals surface area contributed by atoms with Crippen molar-refractivity contribution in [1.29, 1.82) is 0 Å². The van der Waals surface area contributed by atoms with Gasteiger partial charge in [0.1, 0.15) is 12.4 Å². The fourth-order valence-electron chi connectivity index (χ4n) is 2.79. The molecule has 3 aromatic rings. The molecule has 0 aliphatic carbocycles. The van der Waals surface area contributed by atoms with E-state index in [1.165, 1.54) is 0 Å². The molecule has 0 heterocycles. The standard InChI is InChI=1S/C23H21ClN2O3/c1-15-5-3-4-6-20(15)22(27)26-23(28)25-19-11-12-21(16(2)13-19)29-14-17-7-9-18(24)10-8-17/h3-13H,14H2,1-2H3,(H2,25,26,27,28). The third-order valence-electron chi connectivity index (χ3n) is 4.36. The van der Waals surface area contributed by atoms with E-state index in [-0.39, 0.29) is 0 Å². The molecule has 0 aromatic heterocycles. The zero-order valence-corrected chi connectivity index (χ0v) is 16.9. The molecule has 0 radical (unpaired) electrons. The van der Waals surface area contributed by atoms with Crippen molar-refractivity contribution in [3.05, 3.63) is 94.0 Å². The summed E-state index contributed by atoms with van der Waals surface area (Å²) in [6.07, 6.45) is 0. The van der Waals surface area contributed by atoms with Crippen molar-refractivity contribution in [2.75, 3.05) is 5.32 Å². The first kappa shape index (κ1) is 20.4. The Morgan fingerprint density at radius 1 is 0.931 bits per heavy atom. The first-order valence-electron chi connectivity index (χ1n) is 9.08. The molecule has 0 atom stereocenters. The molecule has 3 amide bonds. The maximum atomic E-state index is 12.2. The number of imide groups is 1. The van der Waals surface area contributed by atoms with Crippen LogP contribution in [0.5, 0.6) is 5.75 Å². The van der Waals surface area contributed by atoms with Gasteiger partial charge in [0.25, 0.3) is 5.91 Å². The molecule has 0 fully saturated rings. The summed E-state index contributed by atoms with van der Waals surface area (Å²) in [5.41, 5.74) is 3.70. The maximum Gasteiger partial charge on any atom is 0.326 e. The molecule has 3 rings (SSSR count).